The first-order valence-electron chi connectivity index (χ1n) is 9.94. The average molecular weight is 367 g/mol. The molecule has 1 aromatic rings. The van der Waals surface area contributed by atoms with Crippen LogP contribution in [0, 0.1) is 0 Å². The Morgan fingerprint density at radius 3 is 1.68 bits per heavy atom. The first-order valence-corrected chi connectivity index (χ1v) is 11.7. The summed E-state index contributed by atoms with van der Waals surface area (Å²) in [7, 11) is 2.46. The maximum Gasteiger partial charge on any atom is 0.508 e. The first-order chi connectivity index (χ1) is 12.2. The Balaban J connectivity index is 2.47. The quantitative estimate of drug-likeness (QED) is 0.277. The van der Waals surface area contributed by atoms with Crippen molar-refractivity contribution in [3.8, 4) is 0 Å². The van der Waals surface area contributed by atoms with Gasteiger partial charge in [-0.15, -0.1) is 0 Å². The van der Waals surface area contributed by atoms with E-state index in [0.717, 1.165) is 6.42 Å². The van der Waals surface area contributed by atoms with E-state index in [1.54, 1.807) is 21.3 Å². The highest BCUT2D eigenvalue weighted by Crippen LogP contribution is 2.33. The van der Waals surface area contributed by atoms with Gasteiger partial charge in [-0.25, -0.2) is 0 Å². The lowest BCUT2D eigenvalue weighted by molar-refractivity contribution is 0.110. The molecule has 0 aromatic heterocycles. The second-order valence-corrected chi connectivity index (χ2v) is 9.93. The second kappa shape index (κ2) is 13.5. The summed E-state index contributed by atoms with van der Waals surface area (Å²) in [6, 6.07) is 10.5. The van der Waals surface area contributed by atoms with Crippen LogP contribution >= 0.6 is 0 Å². The van der Waals surface area contributed by atoms with Gasteiger partial charge in [0.05, 0.1) is 5.54 Å². The molecule has 0 fully saturated rings. The molecule has 0 aliphatic heterocycles. The lowest BCUT2D eigenvalue weighted by atomic mass is 10.0. The molecule has 144 valence electrons. The summed E-state index contributed by atoms with van der Waals surface area (Å²) >= 11 is 0. The first kappa shape index (κ1) is 22.4. The van der Waals surface area contributed by atoms with Gasteiger partial charge in [-0.3, -0.25) is 0 Å². The fourth-order valence-electron chi connectivity index (χ4n) is 3.57. The molecule has 1 aromatic carbocycles. The summed E-state index contributed by atoms with van der Waals surface area (Å²) in [6.07, 6.45) is 13.1. The molecule has 0 radical (unpaired) electrons. The smallest absolute Gasteiger partial charge is 0.376 e. The van der Waals surface area contributed by atoms with Gasteiger partial charge in [0, 0.05) is 21.3 Å². The third kappa shape index (κ3) is 7.61. The predicted molar refractivity (Wildman–Crippen MR) is 108 cm³/mol. The molecule has 0 amide bonds. The minimum absolute atomic E-state index is 0.207. The Hall–Kier alpha value is -0.683. The second-order valence-electron chi connectivity index (χ2n) is 6.80. The third-order valence-corrected chi connectivity index (χ3v) is 8.26. The molecular formula is C21H38O3Si. The van der Waals surface area contributed by atoms with Crippen molar-refractivity contribution in [2.24, 2.45) is 0 Å². The molecule has 4 heteroatoms. The molecule has 25 heavy (non-hydrogen) atoms. The molecular weight excluding hydrogens is 328 g/mol. The van der Waals surface area contributed by atoms with E-state index >= 15 is 0 Å². The zero-order chi connectivity index (χ0) is 18.4. The molecule has 0 N–H and O–H groups in total. The molecule has 1 unspecified atom stereocenters. The minimum atomic E-state index is -2.68. The fraction of sp³-hybridized carbons (Fsp3) is 0.714. The van der Waals surface area contributed by atoms with Gasteiger partial charge in [-0.1, -0.05) is 95.0 Å². The zero-order valence-corrected chi connectivity index (χ0v) is 17.8. The van der Waals surface area contributed by atoms with Crippen LogP contribution in [0.1, 0.15) is 82.2 Å². The summed E-state index contributed by atoms with van der Waals surface area (Å²) in [5.41, 5.74) is 1.47. The summed E-state index contributed by atoms with van der Waals surface area (Å²) < 4.78 is 17.3. The van der Waals surface area contributed by atoms with Gasteiger partial charge in [0.2, 0.25) is 0 Å². The van der Waals surface area contributed by atoms with Crippen LogP contribution in [0.2, 0.25) is 0 Å². The topological polar surface area (TPSA) is 27.7 Å². The Labute approximate surface area is 156 Å². The van der Waals surface area contributed by atoms with E-state index in [0.29, 0.717) is 0 Å². The van der Waals surface area contributed by atoms with E-state index in [-0.39, 0.29) is 5.54 Å². The van der Waals surface area contributed by atoms with Crippen LogP contribution < -0.4 is 0 Å². The van der Waals surface area contributed by atoms with Crippen molar-refractivity contribution in [2.45, 2.75) is 76.7 Å². The van der Waals surface area contributed by atoms with E-state index in [4.69, 9.17) is 13.3 Å². The molecule has 0 aliphatic rings. The molecule has 0 spiro atoms. The van der Waals surface area contributed by atoms with Crippen LogP contribution in [0.25, 0.3) is 0 Å². The van der Waals surface area contributed by atoms with Gasteiger partial charge in [0.25, 0.3) is 0 Å². The van der Waals surface area contributed by atoms with Crippen molar-refractivity contribution in [1.82, 2.24) is 0 Å². The Kier molecular flexibility index (Phi) is 12.1. The molecule has 0 saturated heterocycles. The van der Waals surface area contributed by atoms with Crippen LogP contribution in [-0.4, -0.2) is 30.1 Å². The Morgan fingerprint density at radius 1 is 0.720 bits per heavy atom. The third-order valence-electron chi connectivity index (χ3n) is 5.08. The van der Waals surface area contributed by atoms with Gasteiger partial charge in [0.1, 0.15) is 0 Å². The largest absolute Gasteiger partial charge is 0.508 e. The van der Waals surface area contributed by atoms with Crippen molar-refractivity contribution < 1.29 is 13.3 Å². The Morgan fingerprint density at radius 2 is 1.20 bits per heavy atom. The van der Waals surface area contributed by atoms with Gasteiger partial charge in [0.15, 0.2) is 0 Å². The van der Waals surface area contributed by atoms with Gasteiger partial charge in [-0.2, -0.15) is 0 Å². The SMILES string of the molecule is CCCCCCCCCCCC(c1ccccc1)[Si](OC)(OC)OC. The number of unbranched alkanes of at least 4 members (excludes halogenated alkanes) is 8. The van der Waals surface area contributed by atoms with E-state index in [2.05, 4.69) is 37.3 Å². The monoisotopic (exact) mass is 366 g/mol. The normalized spacial score (nSPS) is 13.1. The number of rotatable bonds is 15. The highest BCUT2D eigenvalue weighted by molar-refractivity contribution is 6.62. The van der Waals surface area contributed by atoms with Crippen molar-refractivity contribution in [2.75, 3.05) is 21.3 Å². The van der Waals surface area contributed by atoms with Crippen molar-refractivity contribution in [3.05, 3.63) is 35.9 Å². The molecule has 0 heterocycles. The number of hydrogen-bond donors (Lipinski definition) is 0. The number of benzene rings is 1. The van der Waals surface area contributed by atoms with E-state index < -0.39 is 8.80 Å². The fourth-order valence-corrected chi connectivity index (χ4v) is 6.08. The highest BCUT2D eigenvalue weighted by atomic mass is 28.4. The summed E-state index contributed by atoms with van der Waals surface area (Å²) in [5, 5.41) is 0. The predicted octanol–water partition coefficient (Wildman–Crippen LogP) is 6.11. The van der Waals surface area contributed by atoms with Crippen LogP contribution in [0.4, 0.5) is 0 Å². The van der Waals surface area contributed by atoms with Crippen LogP contribution in [0.3, 0.4) is 0 Å². The molecule has 0 saturated carbocycles. The van der Waals surface area contributed by atoms with Crippen LogP contribution in [0.5, 0.6) is 0 Å². The molecule has 1 atom stereocenters. The standard InChI is InChI=1S/C21H38O3Si/c1-5-6-7-8-9-10-11-12-16-19-21(20-17-14-13-15-18-20)25(22-2,23-3)24-4/h13-15,17-18,21H,5-12,16,19H2,1-4H3. The molecule has 0 bridgehead atoms. The van der Waals surface area contributed by atoms with Crippen molar-refractivity contribution in [1.29, 1.82) is 0 Å². The van der Waals surface area contributed by atoms with Gasteiger partial charge >= 0.3 is 8.80 Å². The minimum Gasteiger partial charge on any atom is -0.376 e. The summed E-state index contributed by atoms with van der Waals surface area (Å²) in [4.78, 5) is 0. The number of hydrogen-bond acceptors (Lipinski definition) is 3. The lowest BCUT2D eigenvalue weighted by Gasteiger charge is -2.33. The molecule has 0 aliphatic carbocycles. The highest BCUT2D eigenvalue weighted by Gasteiger charge is 2.47. The van der Waals surface area contributed by atoms with Crippen molar-refractivity contribution in [3.63, 3.8) is 0 Å². The molecule has 1 rings (SSSR count). The van der Waals surface area contributed by atoms with E-state index in [9.17, 15) is 0 Å². The van der Waals surface area contributed by atoms with Crippen LogP contribution in [0.15, 0.2) is 30.3 Å². The lowest BCUT2D eigenvalue weighted by Crippen LogP contribution is -2.49. The summed E-state index contributed by atoms with van der Waals surface area (Å²) in [5.74, 6) is 0. The van der Waals surface area contributed by atoms with Gasteiger partial charge < -0.3 is 13.3 Å². The van der Waals surface area contributed by atoms with Crippen molar-refractivity contribution >= 4 is 8.80 Å². The average Bonchev–Trinajstić information content (AvgIpc) is 2.67. The Bertz CT molecular complexity index is 412. The maximum atomic E-state index is 5.78. The van der Waals surface area contributed by atoms with Crippen LogP contribution in [-0.2, 0) is 13.3 Å². The van der Waals surface area contributed by atoms with E-state index in [1.807, 2.05) is 0 Å². The van der Waals surface area contributed by atoms with E-state index in [1.165, 1.54) is 63.4 Å². The summed E-state index contributed by atoms with van der Waals surface area (Å²) in [6.45, 7) is 2.27. The molecule has 3 nitrogen and oxygen atoms in total. The van der Waals surface area contributed by atoms with Gasteiger partial charge in [-0.05, 0) is 12.0 Å². The maximum absolute atomic E-state index is 5.78. The zero-order valence-electron chi connectivity index (χ0n) is 16.8.